The van der Waals surface area contributed by atoms with Gasteiger partial charge in [-0.25, -0.2) is 0 Å². The Hall–Kier alpha value is -4.17. The van der Waals surface area contributed by atoms with E-state index in [0.29, 0.717) is 33.3 Å². The van der Waals surface area contributed by atoms with Crippen molar-refractivity contribution in [3.8, 4) is 11.5 Å². The molecule has 34 heavy (non-hydrogen) atoms. The van der Waals surface area contributed by atoms with E-state index in [-0.39, 0.29) is 24.7 Å². The molecule has 4 aromatic rings. The summed E-state index contributed by atoms with van der Waals surface area (Å²) >= 11 is 6.04. The summed E-state index contributed by atoms with van der Waals surface area (Å²) in [6.07, 6.45) is 1.44. The van der Waals surface area contributed by atoms with E-state index in [1.807, 2.05) is 0 Å². The van der Waals surface area contributed by atoms with E-state index in [9.17, 15) is 14.7 Å². The lowest BCUT2D eigenvalue weighted by atomic mass is 9.99. The average molecular weight is 478 g/mol. The van der Waals surface area contributed by atoms with E-state index in [1.54, 1.807) is 48.5 Å². The maximum absolute atomic E-state index is 13.5. The van der Waals surface area contributed by atoms with E-state index in [2.05, 4.69) is 0 Å². The Bertz CT molecular complexity index is 1480. The molecule has 0 bridgehead atoms. The molecule has 0 fully saturated rings. The van der Waals surface area contributed by atoms with Crippen molar-refractivity contribution in [2.24, 2.45) is 0 Å². The molecule has 6 rings (SSSR count). The van der Waals surface area contributed by atoms with Crippen molar-refractivity contribution in [2.75, 3.05) is 6.79 Å². The number of aliphatic hydroxyl groups excluding tert-OH is 1. The maximum Gasteiger partial charge on any atom is 0.290 e. The smallest absolute Gasteiger partial charge is 0.290 e. The molecule has 170 valence electrons. The summed E-state index contributed by atoms with van der Waals surface area (Å²) in [7, 11) is 0. The minimum atomic E-state index is -0.947. The molecule has 2 aromatic carbocycles. The van der Waals surface area contributed by atoms with Crippen molar-refractivity contribution in [2.45, 2.75) is 12.6 Å². The van der Waals surface area contributed by atoms with Crippen molar-refractivity contribution in [1.82, 2.24) is 4.90 Å². The quantitative estimate of drug-likeness (QED) is 0.395. The summed E-state index contributed by atoms with van der Waals surface area (Å²) < 4.78 is 22.0. The number of rotatable bonds is 5. The van der Waals surface area contributed by atoms with Crippen LogP contribution in [0, 0.1) is 0 Å². The third kappa shape index (κ3) is 3.22. The number of carbonyl (C=O) groups is 2. The van der Waals surface area contributed by atoms with Crippen molar-refractivity contribution < 1.29 is 33.0 Å². The number of fused-ring (bicyclic) bond motifs is 2. The van der Waals surface area contributed by atoms with Crippen molar-refractivity contribution in [1.29, 1.82) is 0 Å². The molecule has 2 aliphatic heterocycles. The van der Waals surface area contributed by atoms with Gasteiger partial charge in [-0.05, 0) is 54.1 Å². The van der Waals surface area contributed by atoms with Crippen LogP contribution in [0.15, 0.2) is 81.0 Å². The van der Waals surface area contributed by atoms with Gasteiger partial charge in [0.2, 0.25) is 12.6 Å². The summed E-state index contributed by atoms with van der Waals surface area (Å²) in [5.74, 6) is -0.470. The van der Waals surface area contributed by atoms with E-state index < -0.39 is 23.5 Å². The number of ketones is 1. The lowest BCUT2D eigenvalue weighted by Gasteiger charge is -2.24. The number of ether oxygens (including phenoxy) is 2. The Morgan fingerprint density at radius 3 is 2.76 bits per heavy atom. The zero-order chi connectivity index (χ0) is 23.4. The Kier molecular flexibility index (Phi) is 4.63. The van der Waals surface area contributed by atoms with E-state index >= 15 is 0 Å². The minimum Gasteiger partial charge on any atom is -0.503 e. The predicted octanol–water partition coefficient (Wildman–Crippen LogP) is 5.19. The first-order valence-corrected chi connectivity index (χ1v) is 10.8. The van der Waals surface area contributed by atoms with Gasteiger partial charge in [-0.1, -0.05) is 17.7 Å². The molecule has 2 aromatic heterocycles. The highest BCUT2D eigenvalue weighted by atomic mass is 35.5. The van der Waals surface area contributed by atoms with Gasteiger partial charge in [0.25, 0.3) is 5.91 Å². The molecule has 1 unspecified atom stereocenters. The molecular formula is C25H16ClNO7. The largest absolute Gasteiger partial charge is 0.503 e. The molecule has 0 radical (unpaired) electrons. The number of hydrogen-bond acceptors (Lipinski definition) is 7. The normalized spacial score (nSPS) is 17.3. The zero-order valence-corrected chi connectivity index (χ0v) is 18.2. The molecule has 8 nitrogen and oxygen atoms in total. The monoisotopic (exact) mass is 477 g/mol. The first-order chi connectivity index (χ1) is 16.5. The average Bonchev–Trinajstić information content (AvgIpc) is 3.62. The molecular weight excluding hydrogens is 462 g/mol. The van der Waals surface area contributed by atoms with Crippen molar-refractivity contribution in [3.05, 3.63) is 94.3 Å². The first-order valence-electron chi connectivity index (χ1n) is 10.4. The van der Waals surface area contributed by atoms with Gasteiger partial charge in [0.15, 0.2) is 23.0 Å². The number of halogens is 1. The molecule has 2 aliphatic rings. The number of benzene rings is 2. The fourth-order valence-corrected chi connectivity index (χ4v) is 4.47. The van der Waals surface area contributed by atoms with Crippen LogP contribution < -0.4 is 9.47 Å². The number of Topliss-reactive ketones (excluding diaryl/α,β-unsaturated/α-hetero) is 1. The molecule has 0 spiro atoms. The van der Waals surface area contributed by atoms with Crippen LogP contribution in [0.1, 0.15) is 27.9 Å². The van der Waals surface area contributed by atoms with Crippen LogP contribution in [0.4, 0.5) is 0 Å². The second-order valence-corrected chi connectivity index (χ2v) is 8.36. The number of carbonyl (C=O) groups excluding carboxylic acids is 2. The second kappa shape index (κ2) is 7.71. The summed E-state index contributed by atoms with van der Waals surface area (Å²) in [6, 6.07) is 14.2. The minimum absolute atomic E-state index is 0.0203. The number of aliphatic hydroxyl groups is 1. The van der Waals surface area contributed by atoms with Crippen molar-refractivity contribution >= 4 is 34.3 Å². The molecule has 0 aliphatic carbocycles. The predicted molar refractivity (Wildman–Crippen MR) is 120 cm³/mol. The van der Waals surface area contributed by atoms with E-state index in [0.717, 1.165) is 5.56 Å². The lowest BCUT2D eigenvalue weighted by molar-refractivity contribution is -0.130. The number of furan rings is 2. The summed E-state index contributed by atoms with van der Waals surface area (Å²) in [5, 5.41) is 11.9. The number of amides is 1. The van der Waals surface area contributed by atoms with E-state index in [4.69, 9.17) is 29.9 Å². The van der Waals surface area contributed by atoms with Crippen LogP contribution in [0.3, 0.4) is 0 Å². The van der Waals surface area contributed by atoms with Crippen LogP contribution >= 0.6 is 11.6 Å². The van der Waals surface area contributed by atoms with Gasteiger partial charge in [-0.2, -0.15) is 0 Å². The van der Waals surface area contributed by atoms with Crippen LogP contribution in [0.5, 0.6) is 11.5 Å². The molecule has 4 heterocycles. The summed E-state index contributed by atoms with van der Waals surface area (Å²) in [5.41, 5.74) is 1.07. The van der Waals surface area contributed by atoms with Crippen LogP contribution in [0.25, 0.3) is 11.0 Å². The summed E-state index contributed by atoms with van der Waals surface area (Å²) in [4.78, 5) is 28.0. The molecule has 9 heteroatoms. The highest BCUT2D eigenvalue weighted by Gasteiger charge is 2.46. The molecule has 1 amide bonds. The second-order valence-electron chi connectivity index (χ2n) is 7.92. The highest BCUT2D eigenvalue weighted by Crippen LogP contribution is 2.41. The van der Waals surface area contributed by atoms with Crippen LogP contribution in [-0.4, -0.2) is 28.5 Å². The Morgan fingerprint density at radius 1 is 1.09 bits per heavy atom. The number of hydrogen-bond donors (Lipinski definition) is 1. The molecule has 0 saturated carbocycles. The van der Waals surface area contributed by atoms with Gasteiger partial charge in [-0.15, -0.1) is 0 Å². The van der Waals surface area contributed by atoms with Gasteiger partial charge < -0.3 is 28.3 Å². The Labute approximate surface area is 197 Å². The van der Waals surface area contributed by atoms with Crippen molar-refractivity contribution in [3.63, 3.8) is 0 Å². The van der Waals surface area contributed by atoms with Gasteiger partial charge in [0.1, 0.15) is 17.4 Å². The van der Waals surface area contributed by atoms with Gasteiger partial charge >= 0.3 is 0 Å². The van der Waals surface area contributed by atoms with Gasteiger partial charge in [0, 0.05) is 17.0 Å². The summed E-state index contributed by atoms with van der Waals surface area (Å²) in [6.45, 7) is 0.220. The van der Waals surface area contributed by atoms with E-state index in [1.165, 1.54) is 17.2 Å². The first kappa shape index (κ1) is 20.4. The topological polar surface area (TPSA) is 102 Å². The fraction of sp³-hybridized carbons (Fsp3) is 0.120. The zero-order valence-electron chi connectivity index (χ0n) is 17.5. The van der Waals surface area contributed by atoms with Crippen LogP contribution in [0.2, 0.25) is 5.02 Å². The Morgan fingerprint density at radius 2 is 1.94 bits per heavy atom. The molecule has 1 N–H and O–H groups in total. The molecule has 1 atom stereocenters. The molecule has 0 saturated heterocycles. The van der Waals surface area contributed by atoms with Gasteiger partial charge in [-0.3, -0.25) is 9.59 Å². The Balaban J connectivity index is 1.39. The highest BCUT2D eigenvalue weighted by molar-refractivity contribution is 6.31. The van der Waals surface area contributed by atoms with Gasteiger partial charge in [0.05, 0.1) is 11.8 Å². The fourth-order valence-electron chi connectivity index (χ4n) is 4.29. The lowest BCUT2D eigenvalue weighted by Crippen LogP contribution is -2.30. The third-order valence-electron chi connectivity index (χ3n) is 5.85. The maximum atomic E-state index is 13.5. The standard InChI is InChI=1S/C25H16ClNO7/c26-15-4-6-16-14(9-15)10-20(34-16)23(28)21-22(18-2-1-7-31-18)27(25(30)24(21)29)11-13-3-5-17-19(8-13)33-12-32-17/h1-10,22,29H,11-12H2. The van der Waals surface area contributed by atoms with Crippen LogP contribution in [-0.2, 0) is 11.3 Å². The number of nitrogens with zero attached hydrogens (tertiary/aromatic N) is 1. The SMILES string of the molecule is O=C(C1=C(O)C(=O)N(Cc2ccc3c(c2)OCO3)C1c1ccco1)c1cc2cc(Cl)ccc2o1. The third-order valence-corrected chi connectivity index (χ3v) is 6.09.